The Kier molecular flexibility index (Phi) is 5.58. The van der Waals surface area contributed by atoms with Gasteiger partial charge in [0.25, 0.3) is 5.91 Å². The van der Waals surface area contributed by atoms with Crippen LogP contribution in [0.3, 0.4) is 0 Å². The molecule has 0 unspecified atom stereocenters. The minimum atomic E-state index is -1.03. The van der Waals surface area contributed by atoms with E-state index < -0.39 is 17.4 Å². The number of carbonyl (C=O) groups is 2. The van der Waals surface area contributed by atoms with Crippen LogP contribution >= 0.6 is 23.4 Å². The fourth-order valence-electron chi connectivity index (χ4n) is 3.68. The van der Waals surface area contributed by atoms with Crippen molar-refractivity contribution in [2.45, 2.75) is 25.3 Å². The topological polar surface area (TPSA) is 83.6 Å². The third-order valence-corrected chi connectivity index (χ3v) is 6.79. The molecule has 1 N–H and O–H groups in total. The zero-order chi connectivity index (χ0) is 21.4. The van der Waals surface area contributed by atoms with E-state index in [1.807, 2.05) is 38.1 Å². The van der Waals surface area contributed by atoms with E-state index in [-0.39, 0.29) is 5.91 Å². The minimum Gasteiger partial charge on any atom is -0.480 e. The lowest BCUT2D eigenvalue weighted by molar-refractivity contribution is -0.141. The van der Waals surface area contributed by atoms with Gasteiger partial charge in [0.2, 0.25) is 0 Å². The molecule has 6 nitrogen and oxygen atoms in total. The summed E-state index contributed by atoms with van der Waals surface area (Å²) in [7, 11) is 0. The van der Waals surface area contributed by atoms with Gasteiger partial charge in [-0.3, -0.25) is 4.79 Å². The lowest BCUT2D eigenvalue weighted by Crippen LogP contribution is -2.43. The van der Waals surface area contributed by atoms with Gasteiger partial charge in [0.15, 0.2) is 0 Å². The van der Waals surface area contributed by atoms with Crippen molar-refractivity contribution < 1.29 is 19.2 Å². The number of hydrogen-bond acceptors (Lipinski definition) is 5. The van der Waals surface area contributed by atoms with E-state index >= 15 is 0 Å². The number of halogens is 1. The van der Waals surface area contributed by atoms with Gasteiger partial charge < -0.3 is 14.5 Å². The lowest BCUT2D eigenvalue weighted by atomic mass is 10.0. The van der Waals surface area contributed by atoms with Gasteiger partial charge >= 0.3 is 5.97 Å². The summed E-state index contributed by atoms with van der Waals surface area (Å²) in [4.78, 5) is 26.6. The molecule has 1 fully saturated rings. The van der Waals surface area contributed by atoms with E-state index in [1.165, 1.54) is 16.7 Å². The normalized spacial score (nSPS) is 18.6. The number of benzene rings is 2. The SMILES string of the molecule is Cc1noc(C)c1-c1ccc(C(=O)N2[C@@H](C(=O)O)CS[C@H]2c2ccccc2Cl)cc1. The standard InChI is InChI=1S/C22H19ClN2O4S/c1-12-19(13(2)29-24-12)14-7-9-15(10-8-14)20(26)25-18(22(27)28)11-30-21(25)16-5-3-4-6-17(16)23/h3-10,18,21H,11H2,1-2H3,(H,27,28)/t18-,21+/m1/s1. The van der Waals surface area contributed by atoms with Gasteiger partial charge in [0, 0.05) is 27.5 Å². The van der Waals surface area contributed by atoms with E-state index in [0.29, 0.717) is 22.1 Å². The smallest absolute Gasteiger partial charge is 0.327 e. The zero-order valence-corrected chi connectivity index (χ0v) is 17.9. The van der Waals surface area contributed by atoms with E-state index in [0.717, 1.165) is 22.4 Å². The van der Waals surface area contributed by atoms with Crippen LogP contribution < -0.4 is 0 Å². The molecule has 1 amide bonds. The molecule has 1 aromatic heterocycles. The number of hydrogen-bond donors (Lipinski definition) is 1. The van der Waals surface area contributed by atoms with Gasteiger partial charge in [-0.2, -0.15) is 0 Å². The van der Waals surface area contributed by atoms with Crippen molar-refractivity contribution >= 4 is 35.2 Å². The van der Waals surface area contributed by atoms with Crippen molar-refractivity contribution in [3.8, 4) is 11.1 Å². The first-order valence-electron chi connectivity index (χ1n) is 9.33. The number of aliphatic carboxylic acids is 1. The molecule has 8 heteroatoms. The average molecular weight is 443 g/mol. The number of carboxylic acid groups (broad SMARTS) is 1. The van der Waals surface area contributed by atoms with Crippen molar-refractivity contribution in [2.24, 2.45) is 0 Å². The second-order valence-electron chi connectivity index (χ2n) is 7.05. The van der Waals surface area contributed by atoms with E-state index in [1.54, 1.807) is 24.3 Å². The first kappa shape index (κ1) is 20.5. The number of carboxylic acids is 1. The van der Waals surface area contributed by atoms with Gasteiger partial charge in [-0.25, -0.2) is 4.79 Å². The molecule has 2 aromatic carbocycles. The third kappa shape index (κ3) is 3.59. The first-order chi connectivity index (χ1) is 14.4. The predicted octanol–water partition coefficient (Wildman–Crippen LogP) is 4.95. The van der Waals surface area contributed by atoms with Crippen LogP contribution in [0.25, 0.3) is 11.1 Å². The minimum absolute atomic E-state index is 0.300. The summed E-state index contributed by atoms with van der Waals surface area (Å²) in [5.41, 5.74) is 3.69. The van der Waals surface area contributed by atoms with Crippen molar-refractivity contribution in [1.82, 2.24) is 10.1 Å². The largest absolute Gasteiger partial charge is 0.480 e. The Balaban J connectivity index is 1.68. The molecular weight excluding hydrogens is 424 g/mol. The summed E-state index contributed by atoms with van der Waals surface area (Å²) >= 11 is 7.74. The van der Waals surface area contributed by atoms with Crippen molar-refractivity contribution in [3.63, 3.8) is 0 Å². The Hall–Kier alpha value is -2.77. The third-order valence-electron chi connectivity index (χ3n) is 5.15. The molecule has 0 saturated carbocycles. The fraction of sp³-hybridized carbons (Fsp3) is 0.227. The molecule has 154 valence electrons. The summed E-state index contributed by atoms with van der Waals surface area (Å²) in [6.07, 6.45) is 0. The van der Waals surface area contributed by atoms with Gasteiger partial charge in [0.1, 0.15) is 17.2 Å². The number of thioether (sulfide) groups is 1. The first-order valence-corrected chi connectivity index (χ1v) is 10.8. The Morgan fingerprint density at radius 1 is 1.17 bits per heavy atom. The maximum absolute atomic E-state index is 13.4. The molecular formula is C22H19ClN2O4S. The van der Waals surface area contributed by atoms with Crippen LogP contribution in [-0.4, -0.2) is 38.8 Å². The molecule has 1 aliphatic rings. The molecule has 0 radical (unpaired) electrons. The van der Waals surface area contributed by atoms with Crippen LogP contribution in [0.4, 0.5) is 0 Å². The molecule has 2 heterocycles. The molecule has 0 bridgehead atoms. The van der Waals surface area contributed by atoms with E-state index in [4.69, 9.17) is 16.1 Å². The quantitative estimate of drug-likeness (QED) is 0.615. The Morgan fingerprint density at radius 2 is 1.87 bits per heavy atom. The average Bonchev–Trinajstić information content (AvgIpc) is 3.31. The molecule has 30 heavy (non-hydrogen) atoms. The zero-order valence-electron chi connectivity index (χ0n) is 16.3. The number of carbonyl (C=O) groups excluding carboxylic acids is 1. The second-order valence-corrected chi connectivity index (χ2v) is 8.57. The monoisotopic (exact) mass is 442 g/mol. The highest BCUT2D eigenvalue weighted by atomic mass is 35.5. The van der Waals surface area contributed by atoms with Crippen LogP contribution in [-0.2, 0) is 4.79 Å². The van der Waals surface area contributed by atoms with Gasteiger partial charge in [-0.1, -0.05) is 47.1 Å². The highest BCUT2D eigenvalue weighted by Gasteiger charge is 2.43. The number of amides is 1. The van der Waals surface area contributed by atoms with Gasteiger partial charge in [-0.05, 0) is 37.6 Å². The summed E-state index contributed by atoms with van der Waals surface area (Å²) in [6, 6.07) is 13.3. The molecule has 0 aliphatic carbocycles. The fourth-order valence-corrected chi connectivity index (χ4v) is 5.44. The lowest BCUT2D eigenvalue weighted by Gasteiger charge is -2.28. The number of aromatic nitrogens is 1. The van der Waals surface area contributed by atoms with Crippen LogP contribution in [0.15, 0.2) is 53.1 Å². The molecule has 4 rings (SSSR count). The summed E-state index contributed by atoms with van der Waals surface area (Å²) in [5.74, 6) is -0.374. The Bertz CT molecular complexity index is 1090. The van der Waals surface area contributed by atoms with Gasteiger partial charge in [0.05, 0.1) is 5.69 Å². The number of rotatable bonds is 4. The molecule has 3 aromatic rings. The van der Waals surface area contributed by atoms with Crippen molar-refractivity contribution in [2.75, 3.05) is 5.75 Å². The maximum Gasteiger partial charge on any atom is 0.327 e. The van der Waals surface area contributed by atoms with Gasteiger partial charge in [-0.15, -0.1) is 11.8 Å². The number of aryl methyl sites for hydroxylation is 2. The van der Waals surface area contributed by atoms with Crippen LogP contribution in [0, 0.1) is 13.8 Å². The van der Waals surface area contributed by atoms with Crippen LogP contribution in [0.1, 0.15) is 32.7 Å². The summed E-state index contributed by atoms with van der Waals surface area (Å²) in [5, 5.41) is 13.7. The van der Waals surface area contributed by atoms with Crippen LogP contribution in [0.2, 0.25) is 5.02 Å². The highest BCUT2D eigenvalue weighted by Crippen LogP contribution is 2.44. The number of nitrogens with zero attached hydrogens (tertiary/aromatic N) is 2. The van der Waals surface area contributed by atoms with E-state index in [9.17, 15) is 14.7 Å². The summed E-state index contributed by atoms with van der Waals surface area (Å²) in [6.45, 7) is 3.69. The second kappa shape index (κ2) is 8.16. The van der Waals surface area contributed by atoms with E-state index in [2.05, 4.69) is 5.16 Å². The van der Waals surface area contributed by atoms with Crippen molar-refractivity contribution in [1.29, 1.82) is 0 Å². The molecule has 1 aliphatic heterocycles. The molecule has 1 saturated heterocycles. The maximum atomic E-state index is 13.4. The summed E-state index contributed by atoms with van der Waals surface area (Å²) < 4.78 is 5.22. The predicted molar refractivity (Wildman–Crippen MR) is 116 cm³/mol. The van der Waals surface area contributed by atoms with Crippen LogP contribution in [0.5, 0.6) is 0 Å². The Labute approximate surface area is 182 Å². The molecule has 2 atom stereocenters. The molecule has 0 spiro atoms. The van der Waals surface area contributed by atoms with Crippen molar-refractivity contribution in [3.05, 3.63) is 76.1 Å². The highest BCUT2D eigenvalue weighted by molar-refractivity contribution is 7.99. The Morgan fingerprint density at radius 3 is 2.47 bits per heavy atom.